The van der Waals surface area contributed by atoms with Crippen LogP contribution in [0.15, 0.2) is 42.5 Å². The summed E-state index contributed by atoms with van der Waals surface area (Å²) in [7, 11) is 0. The van der Waals surface area contributed by atoms with Crippen molar-refractivity contribution < 1.29 is 14.6 Å². The Bertz CT molecular complexity index is 528. The summed E-state index contributed by atoms with van der Waals surface area (Å²) in [4.78, 5) is 11.7. The van der Waals surface area contributed by atoms with Crippen molar-refractivity contribution in [3.8, 4) is 12.5 Å². The minimum atomic E-state index is -0.742. The molecule has 0 aromatic heterocycles. The smallest absolute Gasteiger partial charge is 0.307 e. The van der Waals surface area contributed by atoms with Gasteiger partial charge in [0.05, 0.1) is 5.92 Å². The molecule has 1 rings (SSSR count). The van der Waals surface area contributed by atoms with Crippen LogP contribution < -0.4 is 0 Å². The molecule has 0 saturated heterocycles. The maximum absolute atomic E-state index is 11.7. The van der Waals surface area contributed by atoms with Gasteiger partial charge in [0.1, 0.15) is 12.7 Å². The Morgan fingerprint density at radius 2 is 2.09 bits per heavy atom. The first kappa shape index (κ1) is 18.8. The number of benzene rings is 1. The highest BCUT2D eigenvalue weighted by atomic mass is 16.5. The molecule has 0 heterocycles. The van der Waals surface area contributed by atoms with Crippen LogP contribution in [-0.2, 0) is 9.53 Å². The maximum atomic E-state index is 11.7. The lowest BCUT2D eigenvalue weighted by Gasteiger charge is -2.21. The Balaban J connectivity index is 2.87. The van der Waals surface area contributed by atoms with E-state index in [9.17, 15) is 9.90 Å². The molecule has 0 aliphatic carbocycles. The summed E-state index contributed by atoms with van der Waals surface area (Å²) < 4.78 is 4.96. The molecule has 0 radical (unpaired) electrons. The first-order valence-electron chi connectivity index (χ1n) is 8.11. The van der Waals surface area contributed by atoms with Crippen molar-refractivity contribution in [1.82, 2.24) is 0 Å². The molecule has 0 fully saturated rings. The van der Waals surface area contributed by atoms with Gasteiger partial charge in [0, 0.05) is 5.92 Å². The summed E-state index contributed by atoms with van der Waals surface area (Å²) >= 11 is 0. The molecule has 0 saturated carbocycles. The van der Waals surface area contributed by atoms with E-state index in [2.05, 4.69) is 13.0 Å². The molecule has 0 aliphatic rings. The second-order valence-electron chi connectivity index (χ2n) is 5.87. The maximum Gasteiger partial charge on any atom is 0.307 e. The summed E-state index contributed by atoms with van der Waals surface area (Å²) in [5.74, 6) is -0.965. The van der Waals surface area contributed by atoms with Gasteiger partial charge in [-0.25, -0.2) is 0 Å². The lowest BCUT2D eigenvalue weighted by Crippen LogP contribution is -2.21. The SMILES string of the molecule is C#COCC(C)C/C=C/C(c1ccccc1)C(CCC)C(=O)O. The van der Waals surface area contributed by atoms with Crippen LogP contribution in [0.4, 0.5) is 0 Å². The van der Waals surface area contributed by atoms with Crippen molar-refractivity contribution in [2.24, 2.45) is 11.8 Å². The van der Waals surface area contributed by atoms with Gasteiger partial charge in [-0.3, -0.25) is 4.79 Å². The Kier molecular flexibility index (Phi) is 8.60. The Labute approximate surface area is 139 Å². The summed E-state index contributed by atoms with van der Waals surface area (Å²) in [6.45, 7) is 4.58. The predicted octanol–water partition coefficient (Wildman–Crippen LogP) is 4.46. The molecule has 0 aliphatic heterocycles. The summed E-state index contributed by atoms with van der Waals surface area (Å²) in [6, 6.07) is 9.82. The van der Waals surface area contributed by atoms with Crippen LogP contribution in [0.1, 0.15) is 44.6 Å². The largest absolute Gasteiger partial charge is 0.481 e. The molecule has 3 atom stereocenters. The van der Waals surface area contributed by atoms with Crippen molar-refractivity contribution >= 4 is 5.97 Å². The van der Waals surface area contributed by atoms with Gasteiger partial charge in [0.15, 0.2) is 0 Å². The van der Waals surface area contributed by atoms with Gasteiger partial charge in [0.2, 0.25) is 0 Å². The zero-order chi connectivity index (χ0) is 17.1. The fourth-order valence-electron chi connectivity index (χ4n) is 2.64. The van der Waals surface area contributed by atoms with E-state index in [1.54, 1.807) is 0 Å². The quantitative estimate of drug-likeness (QED) is 0.512. The van der Waals surface area contributed by atoms with E-state index < -0.39 is 11.9 Å². The third-order valence-corrected chi connectivity index (χ3v) is 3.87. The number of ether oxygens (including phenoxy) is 1. The number of aliphatic carboxylic acids is 1. The molecule has 124 valence electrons. The average Bonchev–Trinajstić information content (AvgIpc) is 2.56. The van der Waals surface area contributed by atoms with Crippen LogP contribution in [0.2, 0.25) is 0 Å². The zero-order valence-corrected chi connectivity index (χ0v) is 13.9. The van der Waals surface area contributed by atoms with E-state index >= 15 is 0 Å². The lowest BCUT2D eigenvalue weighted by molar-refractivity contribution is -0.142. The monoisotopic (exact) mass is 314 g/mol. The number of allylic oxidation sites excluding steroid dienone is 2. The molecule has 0 amide bonds. The van der Waals surface area contributed by atoms with Crippen molar-refractivity contribution in [3.05, 3.63) is 48.0 Å². The standard InChI is InChI=1S/C20H26O3/c1-4-10-19(20(21)22)18(17-12-7-6-8-13-17)14-9-11-16(3)15-23-5-2/h2,6-9,12-14,16,18-19H,4,10-11,15H2,1,3H3,(H,21,22)/b14-9+. The van der Waals surface area contributed by atoms with Crippen LogP contribution in [0.25, 0.3) is 0 Å². The first-order chi connectivity index (χ1) is 11.1. The van der Waals surface area contributed by atoms with E-state index in [0.29, 0.717) is 18.9 Å². The van der Waals surface area contributed by atoms with Crippen LogP contribution >= 0.6 is 0 Å². The Morgan fingerprint density at radius 3 is 2.65 bits per heavy atom. The molecule has 1 N–H and O–H groups in total. The fourth-order valence-corrected chi connectivity index (χ4v) is 2.64. The van der Waals surface area contributed by atoms with Crippen molar-refractivity contribution in [2.45, 2.75) is 39.0 Å². The normalized spacial score (nSPS) is 14.8. The van der Waals surface area contributed by atoms with Gasteiger partial charge in [-0.2, -0.15) is 0 Å². The molecule has 1 aromatic carbocycles. The third-order valence-electron chi connectivity index (χ3n) is 3.87. The number of hydrogen-bond acceptors (Lipinski definition) is 2. The van der Waals surface area contributed by atoms with Crippen molar-refractivity contribution in [2.75, 3.05) is 6.61 Å². The van der Waals surface area contributed by atoms with Crippen molar-refractivity contribution in [1.29, 1.82) is 0 Å². The molecular weight excluding hydrogens is 288 g/mol. The third kappa shape index (κ3) is 6.61. The lowest BCUT2D eigenvalue weighted by atomic mass is 9.82. The highest BCUT2D eigenvalue weighted by Gasteiger charge is 2.26. The highest BCUT2D eigenvalue weighted by Crippen LogP contribution is 2.30. The van der Waals surface area contributed by atoms with Crippen molar-refractivity contribution in [3.63, 3.8) is 0 Å². The average molecular weight is 314 g/mol. The van der Waals surface area contributed by atoms with Crippen LogP contribution in [0.3, 0.4) is 0 Å². The van der Waals surface area contributed by atoms with E-state index in [4.69, 9.17) is 11.2 Å². The number of hydrogen-bond donors (Lipinski definition) is 1. The predicted molar refractivity (Wildman–Crippen MR) is 92.9 cm³/mol. The topological polar surface area (TPSA) is 46.5 Å². The number of carbonyl (C=O) groups is 1. The molecule has 3 nitrogen and oxygen atoms in total. The summed E-state index contributed by atoms with van der Waals surface area (Å²) in [5.41, 5.74) is 1.04. The molecule has 1 aromatic rings. The van der Waals surface area contributed by atoms with E-state index in [0.717, 1.165) is 18.4 Å². The van der Waals surface area contributed by atoms with Gasteiger partial charge in [0.25, 0.3) is 0 Å². The zero-order valence-electron chi connectivity index (χ0n) is 13.9. The van der Waals surface area contributed by atoms with Gasteiger partial charge < -0.3 is 9.84 Å². The minimum absolute atomic E-state index is 0.116. The van der Waals surface area contributed by atoms with E-state index in [1.165, 1.54) is 0 Å². The van der Waals surface area contributed by atoms with Crippen LogP contribution in [-0.4, -0.2) is 17.7 Å². The number of carboxylic acids is 1. The second kappa shape index (κ2) is 10.5. The summed E-state index contributed by atoms with van der Waals surface area (Å²) in [5, 5.41) is 9.58. The Hall–Kier alpha value is -2.21. The van der Waals surface area contributed by atoms with Crippen LogP contribution in [0, 0.1) is 24.4 Å². The fraction of sp³-hybridized carbons (Fsp3) is 0.450. The molecule has 23 heavy (non-hydrogen) atoms. The first-order valence-corrected chi connectivity index (χ1v) is 8.11. The summed E-state index contributed by atoms with van der Waals surface area (Å²) in [6.07, 6.45) is 13.6. The van der Waals surface area contributed by atoms with Gasteiger partial charge in [-0.1, -0.05) is 69.2 Å². The number of rotatable bonds is 10. The Morgan fingerprint density at radius 1 is 1.39 bits per heavy atom. The van der Waals surface area contributed by atoms with Gasteiger partial charge >= 0.3 is 5.97 Å². The molecular formula is C20H26O3. The molecule has 0 bridgehead atoms. The van der Waals surface area contributed by atoms with Gasteiger partial charge in [-0.15, -0.1) is 0 Å². The van der Waals surface area contributed by atoms with Gasteiger partial charge in [-0.05, 0) is 24.3 Å². The highest BCUT2D eigenvalue weighted by molar-refractivity contribution is 5.72. The minimum Gasteiger partial charge on any atom is -0.481 e. The molecule has 0 spiro atoms. The van der Waals surface area contributed by atoms with E-state index in [1.807, 2.05) is 49.4 Å². The van der Waals surface area contributed by atoms with Crippen LogP contribution in [0.5, 0.6) is 0 Å². The van der Waals surface area contributed by atoms with E-state index in [-0.39, 0.29) is 5.92 Å². The second-order valence-corrected chi connectivity index (χ2v) is 5.87. The number of carboxylic acid groups (broad SMARTS) is 1. The molecule has 3 heteroatoms. The number of terminal acetylenes is 1. The molecule has 3 unspecified atom stereocenters.